The predicted molar refractivity (Wildman–Crippen MR) is 66.7 cm³/mol. The Morgan fingerprint density at radius 1 is 1.19 bits per heavy atom. The monoisotopic (exact) mass is 272 g/mol. The molecule has 0 aliphatic heterocycles. The van der Waals surface area contributed by atoms with E-state index in [1.165, 1.54) is 17.4 Å². The number of thiophene rings is 1. The minimum absolute atomic E-state index is 0.0867. The molecular weight excluding hydrogens is 267 g/mol. The molecule has 1 aromatic heterocycles. The number of aromatic carboxylic acids is 1. The second kappa shape index (κ2) is 4.45. The lowest BCUT2D eigenvalue weighted by Crippen LogP contribution is -1.97. The molecule has 16 heavy (non-hydrogen) atoms. The Hall–Kier alpha value is -1.03. The van der Waals surface area contributed by atoms with Gasteiger partial charge in [0.15, 0.2) is 0 Å². The van der Waals surface area contributed by atoms with Crippen LogP contribution >= 0.6 is 34.5 Å². The number of carboxylic acid groups (broad SMARTS) is 1. The molecule has 0 saturated carbocycles. The molecule has 5 heteroatoms. The molecule has 0 unspecified atom stereocenters. The average molecular weight is 273 g/mol. The average Bonchev–Trinajstić information content (AvgIpc) is 2.65. The third-order valence-corrected chi connectivity index (χ3v) is 3.80. The summed E-state index contributed by atoms with van der Waals surface area (Å²) in [6.45, 7) is 0. The molecule has 82 valence electrons. The van der Waals surface area contributed by atoms with Crippen LogP contribution in [0.25, 0.3) is 10.4 Å². The van der Waals surface area contributed by atoms with Crippen molar-refractivity contribution in [3.8, 4) is 10.4 Å². The third-order valence-electron chi connectivity index (χ3n) is 2.08. The molecule has 1 aromatic carbocycles. The Balaban J connectivity index is 2.56. The van der Waals surface area contributed by atoms with Gasteiger partial charge in [0.05, 0.1) is 20.5 Å². The van der Waals surface area contributed by atoms with E-state index in [1.807, 2.05) is 5.38 Å². The van der Waals surface area contributed by atoms with E-state index in [0.29, 0.717) is 5.02 Å². The van der Waals surface area contributed by atoms with Gasteiger partial charge in [0.1, 0.15) is 0 Å². The zero-order valence-corrected chi connectivity index (χ0v) is 10.2. The van der Waals surface area contributed by atoms with Gasteiger partial charge < -0.3 is 5.11 Å². The maximum Gasteiger partial charge on any atom is 0.337 e. The molecule has 0 amide bonds. The molecule has 2 nitrogen and oxygen atoms in total. The zero-order chi connectivity index (χ0) is 11.7. The summed E-state index contributed by atoms with van der Waals surface area (Å²) in [5, 5.41) is 11.6. The number of halogens is 2. The van der Waals surface area contributed by atoms with Crippen molar-refractivity contribution in [1.82, 2.24) is 0 Å². The van der Waals surface area contributed by atoms with Crippen LogP contribution in [0.4, 0.5) is 0 Å². The lowest BCUT2D eigenvalue weighted by Gasteiger charge is -2.03. The largest absolute Gasteiger partial charge is 0.478 e. The Kier molecular flexibility index (Phi) is 3.19. The van der Waals surface area contributed by atoms with Crippen molar-refractivity contribution in [2.45, 2.75) is 0 Å². The topological polar surface area (TPSA) is 37.3 Å². The number of benzene rings is 1. The highest BCUT2D eigenvalue weighted by atomic mass is 35.5. The van der Waals surface area contributed by atoms with Gasteiger partial charge in [-0.1, -0.05) is 29.3 Å². The molecule has 0 atom stereocenters. The van der Waals surface area contributed by atoms with Gasteiger partial charge in [-0.2, -0.15) is 0 Å². The van der Waals surface area contributed by atoms with Crippen LogP contribution in [-0.2, 0) is 0 Å². The van der Waals surface area contributed by atoms with Gasteiger partial charge in [-0.05, 0) is 29.1 Å². The Bertz CT molecular complexity index is 549. The number of hydrogen-bond acceptors (Lipinski definition) is 2. The summed E-state index contributed by atoms with van der Waals surface area (Å²) in [5.41, 5.74) is 0.852. The second-order valence-electron chi connectivity index (χ2n) is 3.10. The lowest BCUT2D eigenvalue weighted by atomic mass is 10.1. The summed E-state index contributed by atoms with van der Waals surface area (Å²) in [7, 11) is 0. The molecule has 1 heterocycles. The summed E-state index contributed by atoms with van der Waals surface area (Å²) < 4.78 is 0. The quantitative estimate of drug-likeness (QED) is 0.879. The molecule has 0 spiro atoms. The molecule has 1 N–H and O–H groups in total. The van der Waals surface area contributed by atoms with Crippen LogP contribution in [0.3, 0.4) is 0 Å². The van der Waals surface area contributed by atoms with E-state index >= 15 is 0 Å². The first kappa shape index (κ1) is 11.5. The first-order valence-electron chi connectivity index (χ1n) is 4.36. The van der Waals surface area contributed by atoms with Gasteiger partial charge in [0.2, 0.25) is 0 Å². The van der Waals surface area contributed by atoms with E-state index in [-0.39, 0.29) is 10.6 Å². The van der Waals surface area contributed by atoms with E-state index in [1.54, 1.807) is 18.2 Å². The van der Waals surface area contributed by atoms with Crippen molar-refractivity contribution in [2.75, 3.05) is 0 Å². The minimum atomic E-state index is -1.04. The van der Waals surface area contributed by atoms with Crippen molar-refractivity contribution in [1.29, 1.82) is 0 Å². The van der Waals surface area contributed by atoms with E-state index in [9.17, 15) is 4.79 Å². The SMILES string of the molecule is O=C(O)c1cc(-c2sccc2Cl)ccc1Cl. The molecule has 0 saturated heterocycles. The van der Waals surface area contributed by atoms with Crippen molar-refractivity contribution < 1.29 is 9.90 Å². The molecule has 0 fully saturated rings. The van der Waals surface area contributed by atoms with Gasteiger partial charge in [-0.15, -0.1) is 11.3 Å². The summed E-state index contributed by atoms with van der Waals surface area (Å²) in [4.78, 5) is 11.8. The molecular formula is C11H6Cl2O2S. The summed E-state index contributed by atoms with van der Waals surface area (Å²) >= 11 is 13.2. The Morgan fingerprint density at radius 3 is 2.50 bits per heavy atom. The van der Waals surface area contributed by atoms with E-state index < -0.39 is 5.97 Å². The molecule has 0 aliphatic rings. The molecule has 0 radical (unpaired) electrons. The van der Waals surface area contributed by atoms with Crippen LogP contribution in [0, 0.1) is 0 Å². The second-order valence-corrected chi connectivity index (χ2v) is 4.83. The van der Waals surface area contributed by atoms with Crippen LogP contribution in [0.1, 0.15) is 10.4 Å². The Morgan fingerprint density at radius 2 is 1.94 bits per heavy atom. The zero-order valence-electron chi connectivity index (χ0n) is 7.91. The minimum Gasteiger partial charge on any atom is -0.478 e. The normalized spacial score (nSPS) is 10.4. The lowest BCUT2D eigenvalue weighted by molar-refractivity contribution is 0.0697. The van der Waals surface area contributed by atoms with Gasteiger partial charge >= 0.3 is 5.97 Å². The van der Waals surface area contributed by atoms with E-state index in [4.69, 9.17) is 28.3 Å². The van der Waals surface area contributed by atoms with Crippen molar-refractivity contribution in [3.63, 3.8) is 0 Å². The smallest absolute Gasteiger partial charge is 0.337 e. The first-order valence-corrected chi connectivity index (χ1v) is 5.99. The predicted octanol–water partition coefficient (Wildman–Crippen LogP) is 4.42. The van der Waals surface area contributed by atoms with Crippen molar-refractivity contribution in [2.24, 2.45) is 0 Å². The number of carbonyl (C=O) groups is 1. The van der Waals surface area contributed by atoms with Crippen LogP contribution in [0.2, 0.25) is 10.0 Å². The molecule has 0 bridgehead atoms. The number of carboxylic acids is 1. The van der Waals surface area contributed by atoms with Gasteiger partial charge in [-0.25, -0.2) is 4.79 Å². The fraction of sp³-hybridized carbons (Fsp3) is 0. The summed E-state index contributed by atoms with van der Waals surface area (Å²) in [6.07, 6.45) is 0. The summed E-state index contributed by atoms with van der Waals surface area (Å²) in [5.74, 6) is -1.04. The number of hydrogen-bond donors (Lipinski definition) is 1. The van der Waals surface area contributed by atoms with Gasteiger partial charge in [-0.3, -0.25) is 0 Å². The fourth-order valence-corrected chi connectivity index (χ4v) is 2.69. The maximum atomic E-state index is 10.9. The van der Waals surface area contributed by atoms with Gasteiger partial charge in [0.25, 0.3) is 0 Å². The fourth-order valence-electron chi connectivity index (χ4n) is 1.33. The molecule has 2 aromatic rings. The van der Waals surface area contributed by atoms with Crippen molar-refractivity contribution >= 4 is 40.5 Å². The number of rotatable bonds is 2. The van der Waals surface area contributed by atoms with Crippen LogP contribution in [0.15, 0.2) is 29.6 Å². The van der Waals surface area contributed by atoms with Crippen LogP contribution < -0.4 is 0 Å². The maximum absolute atomic E-state index is 10.9. The molecule has 2 rings (SSSR count). The van der Waals surface area contributed by atoms with E-state index in [0.717, 1.165) is 10.4 Å². The standard InChI is InChI=1S/C11H6Cl2O2S/c12-8-2-1-6(5-7(8)11(14)15)10-9(13)3-4-16-10/h1-5H,(H,14,15). The van der Waals surface area contributed by atoms with Crippen LogP contribution in [0.5, 0.6) is 0 Å². The highest BCUT2D eigenvalue weighted by Crippen LogP contribution is 2.34. The molecule has 0 aliphatic carbocycles. The van der Waals surface area contributed by atoms with Crippen LogP contribution in [-0.4, -0.2) is 11.1 Å². The van der Waals surface area contributed by atoms with E-state index in [2.05, 4.69) is 0 Å². The highest BCUT2D eigenvalue weighted by Gasteiger charge is 2.12. The highest BCUT2D eigenvalue weighted by molar-refractivity contribution is 7.14. The first-order chi connectivity index (χ1) is 7.59. The summed E-state index contributed by atoms with van der Waals surface area (Å²) in [6, 6.07) is 6.63. The Labute approximate surface area is 106 Å². The van der Waals surface area contributed by atoms with Gasteiger partial charge in [0, 0.05) is 0 Å². The van der Waals surface area contributed by atoms with Crippen molar-refractivity contribution in [3.05, 3.63) is 45.3 Å². The third kappa shape index (κ3) is 2.07.